The van der Waals surface area contributed by atoms with Gasteiger partial charge >= 0.3 is 5.97 Å². The summed E-state index contributed by atoms with van der Waals surface area (Å²) < 4.78 is 5.54. The van der Waals surface area contributed by atoms with Crippen LogP contribution in [0.3, 0.4) is 0 Å². The van der Waals surface area contributed by atoms with Gasteiger partial charge in [0.15, 0.2) is 0 Å². The van der Waals surface area contributed by atoms with Crippen molar-refractivity contribution in [1.29, 1.82) is 5.26 Å². The predicted molar refractivity (Wildman–Crippen MR) is 87.2 cm³/mol. The lowest BCUT2D eigenvalue weighted by Crippen LogP contribution is -2.63. The molecule has 4 nitrogen and oxygen atoms in total. The Morgan fingerprint density at radius 1 is 1.48 bits per heavy atom. The van der Waals surface area contributed by atoms with E-state index in [4.69, 9.17) is 4.74 Å². The monoisotopic (exact) mass is 310 g/mol. The molecule has 0 N–H and O–H groups in total. The highest BCUT2D eigenvalue weighted by molar-refractivity contribution is 5.66. The molecular formula is C19H22N2O2. The first-order valence-electron chi connectivity index (χ1n) is 8.15. The Hall–Kier alpha value is -2.12. The SMILES string of the molecule is CC(=O)O[C@H](C)[C@]12CC[C@H](C=C1C#N)CN2Cc1ccccc1. The zero-order valence-electron chi connectivity index (χ0n) is 13.7. The van der Waals surface area contributed by atoms with E-state index in [0.717, 1.165) is 31.5 Å². The Labute approximate surface area is 137 Å². The number of carbonyl (C=O) groups is 1. The van der Waals surface area contributed by atoms with Crippen molar-refractivity contribution >= 4 is 5.97 Å². The molecule has 1 aromatic rings. The Bertz CT molecular complexity index is 662. The number of nitriles is 1. The second-order valence-electron chi connectivity index (χ2n) is 6.53. The van der Waals surface area contributed by atoms with E-state index < -0.39 is 5.54 Å². The fourth-order valence-electron chi connectivity index (χ4n) is 4.09. The summed E-state index contributed by atoms with van der Waals surface area (Å²) in [6.45, 7) is 5.02. The molecule has 1 fully saturated rings. The van der Waals surface area contributed by atoms with Crippen molar-refractivity contribution in [2.45, 2.75) is 44.9 Å². The maximum atomic E-state index is 11.5. The van der Waals surface area contributed by atoms with E-state index in [1.165, 1.54) is 12.5 Å². The second kappa shape index (κ2) is 6.17. The normalized spacial score (nSPS) is 27.9. The molecule has 120 valence electrons. The van der Waals surface area contributed by atoms with Crippen molar-refractivity contribution in [3.63, 3.8) is 0 Å². The van der Waals surface area contributed by atoms with Crippen molar-refractivity contribution < 1.29 is 9.53 Å². The third-order valence-electron chi connectivity index (χ3n) is 5.14. The summed E-state index contributed by atoms with van der Waals surface area (Å²) in [5.74, 6) is 0.122. The Kier molecular flexibility index (Phi) is 4.23. The predicted octanol–water partition coefficient (Wildman–Crippen LogP) is 3.05. The molecule has 0 radical (unpaired) electrons. The summed E-state index contributed by atoms with van der Waals surface area (Å²) in [5, 5.41) is 9.66. The highest BCUT2D eigenvalue weighted by Crippen LogP contribution is 2.46. The number of carbonyl (C=O) groups excluding carboxylic acids is 1. The van der Waals surface area contributed by atoms with Crippen molar-refractivity contribution in [3.8, 4) is 6.07 Å². The van der Waals surface area contributed by atoms with Gasteiger partial charge in [0.2, 0.25) is 0 Å². The molecule has 23 heavy (non-hydrogen) atoms. The lowest BCUT2D eigenvalue weighted by atomic mass is 9.68. The van der Waals surface area contributed by atoms with Crippen LogP contribution < -0.4 is 0 Å². The van der Waals surface area contributed by atoms with Crippen LogP contribution in [0.4, 0.5) is 0 Å². The molecule has 0 spiro atoms. The minimum absolute atomic E-state index is 0.295. The molecule has 1 aromatic carbocycles. The zero-order valence-corrected chi connectivity index (χ0v) is 13.7. The summed E-state index contributed by atoms with van der Waals surface area (Å²) in [6.07, 6.45) is 3.65. The van der Waals surface area contributed by atoms with Gasteiger partial charge in [-0.2, -0.15) is 5.26 Å². The van der Waals surface area contributed by atoms with Gasteiger partial charge in [-0.1, -0.05) is 36.4 Å². The Balaban J connectivity index is 1.96. The fourth-order valence-corrected chi connectivity index (χ4v) is 4.09. The summed E-state index contributed by atoms with van der Waals surface area (Å²) in [6, 6.07) is 12.6. The van der Waals surface area contributed by atoms with E-state index >= 15 is 0 Å². The highest BCUT2D eigenvalue weighted by atomic mass is 16.5. The first kappa shape index (κ1) is 15.8. The van der Waals surface area contributed by atoms with E-state index in [2.05, 4.69) is 29.2 Å². The second-order valence-corrected chi connectivity index (χ2v) is 6.53. The number of hydrogen-bond acceptors (Lipinski definition) is 4. The van der Waals surface area contributed by atoms with Crippen molar-refractivity contribution in [2.75, 3.05) is 6.54 Å². The molecular weight excluding hydrogens is 288 g/mol. The zero-order chi connectivity index (χ0) is 16.4. The Morgan fingerprint density at radius 2 is 2.22 bits per heavy atom. The van der Waals surface area contributed by atoms with Crippen molar-refractivity contribution in [1.82, 2.24) is 4.90 Å². The summed E-state index contributed by atoms with van der Waals surface area (Å²) in [4.78, 5) is 13.8. The fraction of sp³-hybridized carbons (Fsp3) is 0.474. The molecule has 1 saturated heterocycles. The summed E-state index contributed by atoms with van der Waals surface area (Å²) >= 11 is 0. The van der Waals surface area contributed by atoms with E-state index in [-0.39, 0.29) is 12.1 Å². The van der Waals surface area contributed by atoms with E-state index in [0.29, 0.717) is 5.92 Å². The molecule has 4 heteroatoms. The average molecular weight is 310 g/mol. The van der Waals surface area contributed by atoms with Crippen LogP contribution in [-0.4, -0.2) is 29.1 Å². The minimum atomic E-state index is -0.495. The van der Waals surface area contributed by atoms with Gasteiger partial charge in [-0.05, 0) is 31.2 Å². The van der Waals surface area contributed by atoms with Crippen LogP contribution in [0.25, 0.3) is 0 Å². The van der Waals surface area contributed by atoms with Gasteiger partial charge in [0, 0.05) is 25.6 Å². The minimum Gasteiger partial charge on any atom is -0.460 e. The van der Waals surface area contributed by atoms with Gasteiger partial charge in [0.1, 0.15) is 6.10 Å². The van der Waals surface area contributed by atoms with Gasteiger partial charge in [-0.15, -0.1) is 0 Å². The molecule has 0 aromatic heterocycles. The first-order valence-corrected chi connectivity index (χ1v) is 8.15. The molecule has 1 aliphatic carbocycles. The Morgan fingerprint density at radius 3 is 2.87 bits per heavy atom. The van der Waals surface area contributed by atoms with Crippen LogP contribution in [0.1, 0.15) is 32.3 Å². The number of esters is 1. The maximum Gasteiger partial charge on any atom is 0.302 e. The first-order chi connectivity index (χ1) is 11.1. The third-order valence-corrected chi connectivity index (χ3v) is 5.14. The van der Waals surface area contributed by atoms with Crippen LogP contribution in [0.2, 0.25) is 0 Å². The standard InChI is InChI=1S/C19H22N2O2/c1-14(23-15(2)22)19-9-8-17(10-18(19)11-20)13-21(19)12-16-6-4-3-5-7-16/h3-7,10,14,17H,8-9,12-13H2,1-2H3/t14-,17-,19-/m1/s1. The number of fused-ring (bicyclic) bond motifs is 2. The topological polar surface area (TPSA) is 53.3 Å². The number of ether oxygens (including phenoxy) is 1. The quantitative estimate of drug-likeness (QED) is 0.802. The smallest absolute Gasteiger partial charge is 0.302 e. The molecule has 2 bridgehead atoms. The third kappa shape index (κ3) is 2.77. The lowest BCUT2D eigenvalue weighted by Gasteiger charge is -2.54. The van der Waals surface area contributed by atoms with Gasteiger partial charge in [0.05, 0.1) is 11.6 Å². The number of rotatable bonds is 4. The van der Waals surface area contributed by atoms with Gasteiger partial charge in [0.25, 0.3) is 0 Å². The lowest BCUT2D eigenvalue weighted by molar-refractivity contribution is -0.155. The van der Waals surface area contributed by atoms with Crippen LogP contribution in [0, 0.1) is 17.2 Å². The number of piperidine rings is 1. The number of hydrogen-bond donors (Lipinski definition) is 0. The summed E-state index contributed by atoms with van der Waals surface area (Å²) in [5.41, 5.74) is 1.47. The van der Waals surface area contributed by atoms with Crippen LogP contribution in [0.5, 0.6) is 0 Å². The van der Waals surface area contributed by atoms with Gasteiger partial charge in [-0.25, -0.2) is 0 Å². The molecule has 2 heterocycles. The molecule has 4 rings (SSSR count). The molecule has 2 aliphatic heterocycles. The average Bonchev–Trinajstić information content (AvgIpc) is 2.55. The van der Waals surface area contributed by atoms with Gasteiger partial charge < -0.3 is 4.74 Å². The number of nitrogens with zero attached hydrogens (tertiary/aromatic N) is 2. The number of benzene rings is 1. The van der Waals surface area contributed by atoms with Crippen molar-refractivity contribution in [2.24, 2.45) is 5.92 Å². The van der Waals surface area contributed by atoms with E-state index in [1.54, 1.807) is 0 Å². The largest absolute Gasteiger partial charge is 0.460 e. The molecule has 0 saturated carbocycles. The van der Waals surface area contributed by atoms with E-state index in [1.807, 2.05) is 25.1 Å². The van der Waals surface area contributed by atoms with E-state index in [9.17, 15) is 10.1 Å². The van der Waals surface area contributed by atoms with Crippen LogP contribution >= 0.6 is 0 Å². The molecule has 3 atom stereocenters. The summed E-state index contributed by atoms with van der Waals surface area (Å²) in [7, 11) is 0. The molecule has 3 aliphatic rings. The molecule has 0 unspecified atom stereocenters. The molecule has 0 amide bonds. The van der Waals surface area contributed by atoms with Crippen LogP contribution in [0.15, 0.2) is 42.0 Å². The van der Waals surface area contributed by atoms with Crippen molar-refractivity contribution in [3.05, 3.63) is 47.5 Å². The maximum absolute atomic E-state index is 11.5. The highest BCUT2D eigenvalue weighted by Gasteiger charge is 2.53. The van der Waals surface area contributed by atoms with Crippen LogP contribution in [-0.2, 0) is 16.1 Å². The van der Waals surface area contributed by atoms with Gasteiger partial charge in [-0.3, -0.25) is 9.69 Å².